The fraction of sp³-hybridized carbons (Fsp3) is 0.0667. The van der Waals surface area contributed by atoms with Crippen molar-refractivity contribution in [1.82, 2.24) is 15.3 Å². The highest BCUT2D eigenvalue weighted by Gasteiger charge is 2.21. The quantitative estimate of drug-likeness (QED) is 0.288. The highest BCUT2D eigenvalue weighted by Crippen LogP contribution is 2.24. The number of aromatic amines is 2. The van der Waals surface area contributed by atoms with Crippen molar-refractivity contribution in [2.75, 3.05) is 0 Å². The van der Waals surface area contributed by atoms with E-state index in [1.165, 1.54) is 24.4 Å². The van der Waals surface area contributed by atoms with Crippen LogP contribution >= 0.6 is 0 Å². The number of nitrogens with zero attached hydrogens (tertiary/aromatic N) is 1. The molecule has 0 aliphatic rings. The molecule has 0 atom stereocenters. The molecule has 2 heterocycles. The standard InChI is InChI=1S/C15H12N4O4/c20-14(15(21)18-7-9-2-1-5-16-9)12-8-17-13-4-3-10(19(22)23)6-11(12)13/h1-6,8,16-17H,7H2,(H,18,21). The molecule has 8 nitrogen and oxygen atoms in total. The van der Waals surface area contributed by atoms with Crippen molar-refractivity contribution >= 4 is 28.3 Å². The lowest BCUT2D eigenvalue weighted by Gasteiger charge is -2.02. The van der Waals surface area contributed by atoms with Crippen LogP contribution in [0.3, 0.4) is 0 Å². The maximum atomic E-state index is 12.2. The molecule has 0 bridgehead atoms. The molecule has 0 aliphatic heterocycles. The average Bonchev–Trinajstić information content (AvgIpc) is 3.20. The zero-order valence-electron chi connectivity index (χ0n) is 11.8. The van der Waals surface area contributed by atoms with Crippen LogP contribution in [0.4, 0.5) is 5.69 Å². The Morgan fingerprint density at radius 1 is 1.22 bits per heavy atom. The Labute approximate surface area is 129 Å². The van der Waals surface area contributed by atoms with Gasteiger partial charge in [0, 0.05) is 41.1 Å². The van der Waals surface area contributed by atoms with Crippen molar-refractivity contribution in [3.05, 3.63) is 64.1 Å². The molecule has 8 heteroatoms. The Morgan fingerprint density at radius 3 is 2.74 bits per heavy atom. The normalized spacial score (nSPS) is 10.6. The number of fused-ring (bicyclic) bond motifs is 1. The molecule has 3 rings (SSSR count). The lowest BCUT2D eigenvalue weighted by Crippen LogP contribution is -2.30. The fourth-order valence-electron chi connectivity index (χ4n) is 2.27. The van der Waals surface area contributed by atoms with E-state index in [1.807, 2.05) is 0 Å². The van der Waals surface area contributed by atoms with Gasteiger partial charge in [0.25, 0.3) is 17.4 Å². The fourth-order valence-corrected chi connectivity index (χ4v) is 2.27. The predicted octanol–water partition coefficient (Wildman–Crippen LogP) is 1.90. The molecule has 2 aromatic heterocycles. The highest BCUT2D eigenvalue weighted by molar-refractivity contribution is 6.44. The summed E-state index contributed by atoms with van der Waals surface area (Å²) in [5, 5.41) is 13.7. The molecule has 1 amide bonds. The number of H-pyrrole nitrogens is 2. The number of benzene rings is 1. The van der Waals surface area contributed by atoms with Crippen LogP contribution in [-0.4, -0.2) is 26.6 Å². The van der Waals surface area contributed by atoms with Crippen molar-refractivity contribution in [1.29, 1.82) is 0 Å². The SMILES string of the molecule is O=C(NCc1ccc[nH]1)C(=O)c1c[nH]c2ccc([N+](=O)[O-])cc12. The Balaban J connectivity index is 1.83. The van der Waals surface area contributed by atoms with Gasteiger partial charge in [-0.15, -0.1) is 0 Å². The third-order valence-electron chi connectivity index (χ3n) is 3.43. The summed E-state index contributed by atoms with van der Waals surface area (Å²) >= 11 is 0. The zero-order chi connectivity index (χ0) is 16.4. The first-order valence-corrected chi connectivity index (χ1v) is 6.76. The molecule has 0 fully saturated rings. The summed E-state index contributed by atoms with van der Waals surface area (Å²) in [5.74, 6) is -1.52. The third-order valence-corrected chi connectivity index (χ3v) is 3.43. The molecule has 0 aliphatic carbocycles. The van der Waals surface area contributed by atoms with E-state index >= 15 is 0 Å². The van der Waals surface area contributed by atoms with Gasteiger partial charge in [0.2, 0.25) is 0 Å². The van der Waals surface area contributed by atoms with Gasteiger partial charge < -0.3 is 15.3 Å². The molecule has 0 radical (unpaired) electrons. The minimum absolute atomic E-state index is 0.104. The van der Waals surface area contributed by atoms with E-state index in [0.29, 0.717) is 10.9 Å². The summed E-state index contributed by atoms with van der Waals surface area (Å²) in [4.78, 5) is 40.3. The molecule has 116 valence electrons. The number of nitro groups is 1. The topological polar surface area (TPSA) is 121 Å². The smallest absolute Gasteiger partial charge is 0.292 e. The number of amides is 1. The molecule has 0 saturated carbocycles. The molecule has 0 spiro atoms. The van der Waals surface area contributed by atoms with E-state index in [1.54, 1.807) is 18.3 Å². The van der Waals surface area contributed by atoms with Crippen molar-refractivity contribution in [3.63, 3.8) is 0 Å². The summed E-state index contributed by atoms with van der Waals surface area (Å²) in [5.41, 5.74) is 1.28. The number of hydrogen-bond acceptors (Lipinski definition) is 4. The van der Waals surface area contributed by atoms with Gasteiger partial charge in [-0.2, -0.15) is 0 Å². The molecule has 0 unspecified atom stereocenters. The summed E-state index contributed by atoms with van der Waals surface area (Å²) in [7, 11) is 0. The van der Waals surface area contributed by atoms with Crippen molar-refractivity contribution < 1.29 is 14.5 Å². The zero-order valence-corrected chi connectivity index (χ0v) is 11.8. The molecule has 23 heavy (non-hydrogen) atoms. The van der Waals surface area contributed by atoms with E-state index < -0.39 is 16.6 Å². The van der Waals surface area contributed by atoms with Crippen LogP contribution in [0.25, 0.3) is 10.9 Å². The number of nitrogens with one attached hydrogen (secondary N) is 3. The van der Waals surface area contributed by atoms with E-state index in [4.69, 9.17) is 0 Å². The average molecular weight is 312 g/mol. The Morgan fingerprint density at radius 2 is 2.04 bits per heavy atom. The van der Waals surface area contributed by atoms with Crippen molar-refractivity contribution in [2.24, 2.45) is 0 Å². The number of Topliss-reactive ketones (excluding diaryl/α,β-unsaturated/α-hetero) is 1. The minimum Gasteiger partial charge on any atom is -0.364 e. The summed E-state index contributed by atoms with van der Waals surface area (Å²) in [6.07, 6.45) is 3.09. The second-order valence-electron chi connectivity index (χ2n) is 4.90. The van der Waals surface area contributed by atoms with E-state index in [9.17, 15) is 19.7 Å². The van der Waals surface area contributed by atoms with Gasteiger partial charge in [-0.05, 0) is 18.2 Å². The Kier molecular flexibility index (Phi) is 3.63. The first-order chi connectivity index (χ1) is 11.1. The van der Waals surface area contributed by atoms with Crippen LogP contribution in [0.15, 0.2) is 42.7 Å². The third kappa shape index (κ3) is 2.82. The Hall–Kier alpha value is -3.42. The van der Waals surface area contributed by atoms with Crippen LogP contribution in [-0.2, 0) is 11.3 Å². The van der Waals surface area contributed by atoms with E-state index in [0.717, 1.165) is 5.69 Å². The summed E-state index contributed by atoms with van der Waals surface area (Å²) in [6, 6.07) is 7.67. The monoisotopic (exact) mass is 312 g/mol. The number of hydrogen-bond donors (Lipinski definition) is 3. The van der Waals surface area contributed by atoms with Crippen molar-refractivity contribution in [2.45, 2.75) is 6.54 Å². The maximum absolute atomic E-state index is 12.2. The second-order valence-corrected chi connectivity index (χ2v) is 4.90. The highest BCUT2D eigenvalue weighted by atomic mass is 16.6. The number of carbonyl (C=O) groups is 2. The largest absolute Gasteiger partial charge is 0.364 e. The van der Waals surface area contributed by atoms with Gasteiger partial charge in [0.1, 0.15) is 0 Å². The number of ketones is 1. The number of rotatable bonds is 5. The molecule has 3 aromatic rings. The van der Waals surface area contributed by atoms with Crippen LogP contribution in [0.1, 0.15) is 16.1 Å². The lowest BCUT2D eigenvalue weighted by atomic mass is 10.1. The first-order valence-electron chi connectivity index (χ1n) is 6.76. The lowest BCUT2D eigenvalue weighted by molar-refractivity contribution is -0.384. The van der Waals surface area contributed by atoms with Gasteiger partial charge >= 0.3 is 0 Å². The van der Waals surface area contributed by atoms with Gasteiger partial charge in [0.15, 0.2) is 0 Å². The minimum atomic E-state index is -0.771. The number of nitro benzene ring substituents is 1. The van der Waals surface area contributed by atoms with Crippen molar-refractivity contribution in [3.8, 4) is 0 Å². The molecule has 1 aromatic carbocycles. The number of non-ortho nitro benzene ring substituents is 1. The van der Waals surface area contributed by atoms with Crippen LogP contribution in [0.2, 0.25) is 0 Å². The van der Waals surface area contributed by atoms with Crippen LogP contribution in [0, 0.1) is 10.1 Å². The van der Waals surface area contributed by atoms with Gasteiger partial charge in [-0.3, -0.25) is 19.7 Å². The maximum Gasteiger partial charge on any atom is 0.292 e. The molecular formula is C15H12N4O4. The molecule has 3 N–H and O–H groups in total. The summed E-state index contributed by atoms with van der Waals surface area (Å²) in [6.45, 7) is 0.195. The first kappa shape index (κ1) is 14.5. The van der Waals surface area contributed by atoms with Gasteiger partial charge in [-0.25, -0.2) is 0 Å². The second kappa shape index (κ2) is 5.76. The van der Waals surface area contributed by atoms with E-state index in [2.05, 4.69) is 15.3 Å². The van der Waals surface area contributed by atoms with E-state index in [-0.39, 0.29) is 17.8 Å². The molecule has 0 saturated heterocycles. The molecular weight excluding hydrogens is 300 g/mol. The predicted molar refractivity (Wildman–Crippen MR) is 81.9 cm³/mol. The van der Waals surface area contributed by atoms with Crippen LogP contribution < -0.4 is 5.32 Å². The van der Waals surface area contributed by atoms with Crippen LogP contribution in [0.5, 0.6) is 0 Å². The number of aromatic nitrogens is 2. The summed E-state index contributed by atoms with van der Waals surface area (Å²) < 4.78 is 0. The van der Waals surface area contributed by atoms with Gasteiger partial charge in [-0.1, -0.05) is 0 Å². The Bertz CT molecular complexity index is 895. The van der Waals surface area contributed by atoms with Gasteiger partial charge in [0.05, 0.1) is 17.0 Å². The number of carbonyl (C=O) groups excluding carboxylic acids is 2.